The van der Waals surface area contributed by atoms with Gasteiger partial charge in [0.1, 0.15) is 0 Å². The molecule has 0 aliphatic rings. The van der Waals surface area contributed by atoms with E-state index in [0.29, 0.717) is 11.8 Å². The van der Waals surface area contributed by atoms with E-state index in [1.165, 1.54) is 4.68 Å². The molecule has 0 bridgehead atoms. The number of esters is 1. The van der Waals surface area contributed by atoms with Crippen molar-refractivity contribution in [2.45, 2.75) is 25.9 Å². The molecular weight excluding hydrogens is 340 g/mol. The monoisotopic (exact) mass is 362 g/mol. The lowest BCUT2D eigenvalue weighted by Gasteiger charge is -2.19. The number of carbonyl (C=O) groups excluding carboxylic acids is 1. The Labute approximate surface area is 151 Å². The van der Waals surface area contributed by atoms with Crippen molar-refractivity contribution in [2.24, 2.45) is 0 Å². The number of aromatic nitrogens is 3. The molecule has 0 spiro atoms. The van der Waals surface area contributed by atoms with Gasteiger partial charge in [0.15, 0.2) is 5.69 Å². The summed E-state index contributed by atoms with van der Waals surface area (Å²) in [6, 6.07) is 5.81. The third-order valence-corrected chi connectivity index (χ3v) is 4.37. The first-order chi connectivity index (χ1) is 11.8. The Balaban J connectivity index is 2.44. The quantitative estimate of drug-likeness (QED) is 0.572. The van der Waals surface area contributed by atoms with E-state index < -0.39 is 0 Å². The average molecular weight is 362 g/mol. The third kappa shape index (κ3) is 4.39. The van der Waals surface area contributed by atoms with Crippen LogP contribution in [-0.2, 0) is 9.53 Å². The normalized spacial score (nSPS) is 10.6. The van der Waals surface area contributed by atoms with Crippen molar-refractivity contribution in [2.75, 3.05) is 31.5 Å². The Morgan fingerprint density at radius 1 is 1.28 bits per heavy atom. The highest BCUT2D eigenvalue weighted by molar-refractivity contribution is 7.99. The summed E-state index contributed by atoms with van der Waals surface area (Å²) in [5.74, 6) is -0.288. The topological polar surface area (TPSA) is 77.3 Å². The van der Waals surface area contributed by atoms with E-state index >= 15 is 0 Å². The molecule has 134 valence electrons. The zero-order valence-electron chi connectivity index (χ0n) is 15.1. The van der Waals surface area contributed by atoms with E-state index in [4.69, 9.17) is 4.74 Å². The summed E-state index contributed by atoms with van der Waals surface area (Å²) >= 11 is 1.12. The second-order valence-corrected chi connectivity index (χ2v) is 6.65. The summed E-state index contributed by atoms with van der Waals surface area (Å²) in [7, 11) is 3.48. The van der Waals surface area contributed by atoms with Crippen LogP contribution in [0.4, 0.5) is 0 Å². The highest BCUT2D eigenvalue weighted by Crippen LogP contribution is 2.21. The number of benzene rings is 1. The minimum Gasteiger partial charge on any atom is -0.465 e. The second-order valence-electron chi connectivity index (χ2n) is 5.71. The number of hydrogen-bond acceptors (Lipinski definition) is 7. The largest absolute Gasteiger partial charge is 0.465 e. The molecule has 7 nitrogen and oxygen atoms in total. The Bertz CT molecular complexity index is 833. The molecule has 0 aliphatic heterocycles. The van der Waals surface area contributed by atoms with Crippen LogP contribution in [0.3, 0.4) is 0 Å². The van der Waals surface area contributed by atoms with Gasteiger partial charge in [-0.2, -0.15) is 4.68 Å². The molecule has 1 aromatic heterocycles. The van der Waals surface area contributed by atoms with Crippen LogP contribution in [0.2, 0.25) is 0 Å². The predicted octanol–water partition coefficient (Wildman–Crippen LogP) is 1.77. The Morgan fingerprint density at radius 2 is 2.00 bits per heavy atom. The Kier molecular flexibility index (Phi) is 6.19. The Hall–Kier alpha value is -2.35. The number of rotatable bonds is 6. The molecule has 2 aromatic rings. The van der Waals surface area contributed by atoms with Gasteiger partial charge < -0.3 is 9.75 Å². The lowest BCUT2D eigenvalue weighted by molar-refractivity contribution is -0.139. The molecule has 0 saturated heterocycles. The maximum atomic E-state index is 12.9. The van der Waals surface area contributed by atoms with Crippen molar-refractivity contribution in [1.82, 2.24) is 14.9 Å². The number of nitrogens with zero attached hydrogens (tertiary/aromatic N) is 4. The van der Waals surface area contributed by atoms with Gasteiger partial charge in [-0.1, -0.05) is 35.5 Å². The second kappa shape index (κ2) is 8.15. The van der Waals surface area contributed by atoms with Crippen molar-refractivity contribution in [3.05, 3.63) is 39.7 Å². The molecule has 0 amide bonds. The van der Waals surface area contributed by atoms with Gasteiger partial charge >= 0.3 is 5.97 Å². The van der Waals surface area contributed by atoms with E-state index in [2.05, 4.69) is 10.2 Å². The van der Waals surface area contributed by atoms with Crippen LogP contribution < -0.4 is 10.6 Å². The van der Waals surface area contributed by atoms with Gasteiger partial charge in [-0.3, -0.25) is 9.59 Å². The molecule has 0 N–H and O–H groups in total. The number of hydrogen-bond donors (Lipinski definition) is 0. The van der Waals surface area contributed by atoms with Gasteiger partial charge in [-0.05, 0) is 26.3 Å². The fourth-order valence-electron chi connectivity index (χ4n) is 2.38. The zero-order chi connectivity index (χ0) is 18.6. The van der Waals surface area contributed by atoms with Crippen molar-refractivity contribution in [3.63, 3.8) is 0 Å². The summed E-state index contributed by atoms with van der Waals surface area (Å²) in [6.45, 7) is 6.00. The van der Waals surface area contributed by atoms with E-state index in [0.717, 1.165) is 28.5 Å². The van der Waals surface area contributed by atoms with Gasteiger partial charge in [0.25, 0.3) is 5.56 Å². The summed E-state index contributed by atoms with van der Waals surface area (Å²) in [5.41, 5.74) is 2.83. The van der Waals surface area contributed by atoms with E-state index in [9.17, 15) is 9.59 Å². The molecule has 8 heteroatoms. The maximum absolute atomic E-state index is 12.9. The molecule has 0 atom stereocenters. The number of thioether (sulfide) groups is 1. The molecule has 1 heterocycles. The predicted molar refractivity (Wildman–Crippen MR) is 98.6 cm³/mol. The van der Waals surface area contributed by atoms with E-state index in [-0.39, 0.29) is 23.0 Å². The first-order valence-corrected chi connectivity index (χ1v) is 8.87. The molecule has 0 unspecified atom stereocenters. The summed E-state index contributed by atoms with van der Waals surface area (Å²) in [4.78, 5) is 24.5. The minimum absolute atomic E-state index is 0.0682. The first kappa shape index (κ1) is 19.0. The minimum atomic E-state index is -0.356. The lowest BCUT2D eigenvalue weighted by Crippen LogP contribution is -2.39. The van der Waals surface area contributed by atoms with Gasteiger partial charge in [-0.15, -0.1) is 10.2 Å². The molecular formula is C17H22N4O3S. The molecule has 0 fully saturated rings. The van der Waals surface area contributed by atoms with Crippen molar-refractivity contribution in [1.29, 1.82) is 0 Å². The third-order valence-electron chi connectivity index (χ3n) is 3.47. The van der Waals surface area contributed by atoms with Crippen molar-refractivity contribution in [3.8, 4) is 11.3 Å². The summed E-state index contributed by atoms with van der Waals surface area (Å²) in [5, 5.41) is 10.2. The average Bonchev–Trinajstić information content (AvgIpc) is 2.53. The van der Waals surface area contributed by atoms with E-state index in [1.54, 1.807) is 26.0 Å². The number of aryl methyl sites for hydroxylation is 2. The standard InChI is InChI=1S/C17H22N4O3S/c1-6-24-14(22)10-25-17-19-18-15(16(23)21(17)20(4)5)13-8-7-11(2)9-12(13)3/h7-9H,6,10H2,1-5H3. The highest BCUT2D eigenvalue weighted by atomic mass is 32.2. The fraction of sp³-hybridized carbons (Fsp3) is 0.412. The molecule has 25 heavy (non-hydrogen) atoms. The van der Waals surface area contributed by atoms with Crippen LogP contribution in [0.1, 0.15) is 18.1 Å². The van der Waals surface area contributed by atoms with Crippen LogP contribution in [0.5, 0.6) is 0 Å². The van der Waals surface area contributed by atoms with Gasteiger partial charge in [0.05, 0.1) is 12.4 Å². The first-order valence-electron chi connectivity index (χ1n) is 7.88. The smallest absolute Gasteiger partial charge is 0.316 e. The lowest BCUT2D eigenvalue weighted by atomic mass is 10.0. The van der Waals surface area contributed by atoms with Crippen LogP contribution in [0, 0.1) is 13.8 Å². The van der Waals surface area contributed by atoms with Gasteiger partial charge in [0.2, 0.25) is 5.16 Å². The van der Waals surface area contributed by atoms with Crippen LogP contribution >= 0.6 is 11.8 Å². The van der Waals surface area contributed by atoms with Crippen LogP contribution in [0.25, 0.3) is 11.3 Å². The summed E-state index contributed by atoms with van der Waals surface area (Å²) in [6.07, 6.45) is 0. The summed E-state index contributed by atoms with van der Waals surface area (Å²) < 4.78 is 6.31. The van der Waals surface area contributed by atoms with Gasteiger partial charge in [-0.25, -0.2) is 0 Å². The van der Waals surface area contributed by atoms with Crippen molar-refractivity contribution >= 4 is 17.7 Å². The SMILES string of the molecule is CCOC(=O)CSc1nnc(-c2ccc(C)cc2C)c(=O)n1N(C)C. The molecule has 0 aliphatic carbocycles. The zero-order valence-corrected chi connectivity index (χ0v) is 15.9. The molecule has 0 radical (unpaired) electrons. The number of ether oxygens (including phenoxy) is 1. The molecule has 2 rings (SSSR count). The van der Waals surface area contributed by atoms with Gasteiger partial charge in [0, 0.05) is 19.7 Å². The van der Waals surface area contributed by atoms with Crippen LogP contribution in [0.15, 0.2) is 28.2 Å². The Morgan fingerprint density at radius 3 is 2.60 bits per heavy atom. The van der Waals surface area contributed by atoms with Crippen LogP contribution in [-0.4, -0.2) is 47.3 Å². The maximum Gasteiger partial charge on any atom is 0.316 e. The van der Waals surface area contributed by atoms with Crippen molar-refractivity contribution < 1.29 is 9.53 Å². The van der Waals surface area contributed by atoms with E-state index in [1.807, 2.05) is 32.0 Å². The fourth-order valence-corrected chi connectivity index (χ4v) is 3.18. The molecule has 0 saturated carbocycles. The highest BCUT2D eigenvalue weighted by Gasteiger charge is 2.18. The number of carbonyl (C=O) groups is 1. The molecule has 1 aromatic carbocycles.